The van der Waals surface area contributed by atoms with Crippen LogP contribution in [0.15, 0.2) is 24.3 Å². The molecule has 1 aliphatic carbocycles. The number of halogens is 3. The highest BCUT2D eigenvalue weighted by atomic mass is 19.4. The molecule has 2 fully saturated rings. The first-order chi connectivity index (χ1) is 9.97. The van der Waals surface area contributed by atoms with E-state index in [1.54, 1.807) is 6.07 Å². The average molecular weight is 298 g/mol. The third kappa shape index (κ3) is 3.24. The van der Waals surface area contributed by atoms with Crippen molar-refractivity contribution in [2.75, 3.05) is 6.54 Å². The van der Waals surface area contributed by atoms with Crippen LogP contribution in [0.1, 0.15) is 49.3 Å². The summed E-state index contributed by atoms with van der Waals surface area (Å²) in [6.45, 7) is 0.944. The first-order valence-corrected chi connectivity index (χ1v) is 7.65. The summed E-state index contributed by atoms with van der Waals surface area (Å²) in [7, 11) is 0. The Bertz CT molecular complexity index is 497. The van der Waals surface area contributed by atoms with Gasteiger partial charge in [0.1, 0.15) is 0 Å². The first kappa shape index (κ1) is 14.9. The van der Waals surface area contributed by atoms with Crippen LogP contribution >= 0.6 is 0 Å². The van der Waals surface area contributed by atoms with Gasteiger partial charge in [-0.3, -0.25) is 4.90 Å². The van der Waals surface area contributed by atoms with Crippen LogP contribution in [0.4, 0.5) is 13.2 Å². The zero-order chi connectivity index (χ0) is 15.0. The maximum Gasteiger partial charge on any atom is 0.416 e. The quantitative estimate of drug-likeness (QED) is 0.901. The molecular weight excluding hydrogens is 277 g/mol. The fourth-order valence-electron chi connectivity index (χ4n) is 3.37. The van der Waals surface area contributed by atoms with Crippen LogP contribution in [0.25, 0.3) is 0 Å². The van der Waals surface area contributed by atoms with E-state index in [9.17, 15) is 13.2 Å². The van der Waals surface area contributed by atoms with Crippen molar-refractivity contribution in [3.8, 4) is 0 Å². The van der Waals surface area contributed by atoms with Crippen molar-refractivity contribution >= 4 is 0 Å². The van der Waals surface area contributed by atoms with E-state index in [0.29, 0.717) is 11.6 Å². The lowest BCUT2D eigenvalue weighted by Gasteiger charge is -2.34. The number of benzene rings is 1. The molecule has 0 bridgehead atoms. The van der Waals surface area contributed by atoms with Crippen LogP contribution in [0.3, 0.4) is 0 Å². The fraction of sp³-hybridized carbons (Fsp3) is 0.625. The largest absolute Gasteiger partial charge is 0.416 e. The molecule has 21 heavy (non-hydrogen) atoms. The van der Waals surface area contributed by atoms with Crippen molar-refractivity contribution in [3.63, 3.8) is 0 Å². The summed E-state index contributed by atoms with van der Waals surface area (Å²) in [5, 5.41) is 0. The van der Waals surface area contributed by atoms with Gasteiger partial charge in [0.05, 0.1) is 11.6 Å². The molecule has 0 radical (unpaired) electrons. The topological polar surface area (TPSA) is 29.3 Å². The van der Waals surface area contributed by atoms with E-state index in [1.807, 2.05) is 0 Å². The predicted molar refractivity (Wildman–Crippen MR) is 75.7 cm³/mol. The third-order valence-corrected chi connectivity index (χ3v) is 4.54. The molecule has 5 heteroatoms. The molecular formula is C16H21F3N2. The van der Waals surface area contributed by atoms with Crippen LogP contribution in [0.2, 0.25) is 0 Å². The Labute approximate surface area is 123 Å². The number of hydrogen-bond acceptors (Lipinski definition) is 2. The molecule has 2 atom stereocenters. The number of hydrogen-bond donors (Lipinski definition) is 1. The van der Waals surface area contributed by atoms with E-state index in [0.717, 1.165) is 44.7 Å². The summed E-state index contributed by atoms with van der Waals surface area (Å²) in [5.74, 6) is 0. The van der Waals surface area contributed by atoms with Crippen molar-refractivity contribution in [3.05, 3.63) is 35.4 Å². The Kier molecular flexibility index (Phi) is 3.97. The lowest BCUT2D eigenvalue weighted by atomic mass is 9.94. The van der Waals surface area contributed by atoms with E-state index >= 15 is 0 Å². The van der Waals surface area contributed by atoms with E-state index in [2.05, 4.69) is 4.90 Å². The molecule has 1 aromatic rings. The normalized spacial score (nSPS) is 28.4. The van der Waals surface area contributed by atoms with Gasteiger partial charge in [-0.1, -0.05) is 18.6 Å². The molecule has 2 unspecified atom stereocenters. The second-order valence-electron chi connectivity index (χ2n) is 6.20. The summed E-state index contributed by atoms with van der Waals surface area (Å²) < 4.78 is 38.8. The van der Waals surface area contributed by atoms with Crippen molar-refractivity contribution in [1.29, 1.82) is 0 Å². The SMILES string of the molecule is NC1CCCCN(C2CC2)C1c1cccc(C(F)(F)F)c1. The van der Waals surface area contributed by atoms with Crippen LogP contribution in [-0.2, 0) is 6.18 Å². The molecule has 0 aromatic heterocycles. The summed E-state index contributed by atoms with van der Waals surface area (Å²) >= 11 is 0. The average Bonchev–Trinajstić information content (AvgIpc) is 3.24. The van der Waals surface area contributed by atoms with Gasteiger partial charge in [0, 0.05) is 12.1 Å². The minimum absolute atomic E-state index is 0.0812. The molecule has 116 valence electrons. The third-order valence-electron chi connectivity index (χ3n) is 4.54. The van der Waals surface area contributed by atoms with E-state index in [4.69, 9.17) is 5.73 Å². The molecule has 2 aliphatic rings. The Morgan fingerprint density at radius 3 is 2.52 bits per heavy atom. The Morgan fingerprint density at radius 2 is 1.86 bits per heavy atom. The van der Waals surface area contributed by atoms with Gasteiger partial charge in [0.2, 0.25) is 0 Å². The highest BCUT2D eigenvalue weighted by Gasteiger charge is 2.39. The lowest BCUT2D eigenvalue weighted by Crippen LogP contribution is -2.41. The standard InChI is InChI=1S/C16H21F3N2/c17-16(18,19)12-5-3-4-11(10-12)15-14(20)6-1-2-9-21(15)13-7-8-13/h3-5,10,13-15H,1-2,6-9,20H2. The zero-order valence-corrected chi connectivity index (χ0v) is 11.9. The molecule has 1 saturated carbocycles. The van der Waals surface area contributed by atoms with Crippen molar-refractivity contribution < 1.29 is 13.2 Å². The van der Waals surface area contributed by atoms with Gasteiger partial charge in [-0.25, -0.2) is 0 Å². The second kappa shape index (κ2) is 5.61. The first-order valence-electron chi connectivity index (χ1n) is 7.65. The Hall–Kier alpha value is -1.07. The second-order valence-corrected chi connectivity index (χ2v) is 6.20. The maximum atomic E-state index is 12.9. The number of nitrogens with two attached hydrogens (primary N) is 1. The van der Waals surface area contributed by atoms with Gasteiger partial charge in [0.25, 0.3) is 0 Å². The highest BCUT2D eigenvalue weighted by Crippen LogP contribution is 2.40. The van der Waals surface area contributed by atoms with Gasteiger partial charge in [-0.05, 0) is 49.9 Å². The monoisotopic (exact) mass is 298 g/mol. The number of alkyl halides is 3. The highest BCUT2D eigenvalue weighted by molar-refractivity contribution is 5.29. The minimum atomic E-state index is -4.30. The van der Waals surface area contributed by atoms with Gasteiger partial charge in [-0.2, -0.15) is 13.2 Å². The zero-order valence-electron chi connectivity index (χ0n) is 11.9. The summed E-state index contributed by atoms with van der Waals surface area (Å²) in [6, 6.07) is 6.05. The molecule has 1 aromatic carbocycles. The molecule has 1 aliphatic heterocycles. The Morgan fingerprint density at radius 1 is 1.10 bits per heavy atom. The van der Waals surface area contributed by atoms with Crippen LogP contribution < -0.4 is 5.73 Å². The van der Waals surface area contributed by atoms with Crippen LogP contribution in [0.5, 0.6) is 0 Å². The van der Waals surface area contributed by atoms with Crippen LogP contribution in [0, 0.1) is 0 Å². The maximum absolute atomic E-state index is 12.9. The van der Waals surface area contributed by atoms with E-state index in [1.165, 1.54) is 12.1 Å². The molecule has 0 amide bonds. The molecule has 2 N–H and O–H groups in total. The summed E-state index contributed by atoms with van der Waals surface area (Å²) in [4.78, 5) is 2.34. The fourth-order valence-corrected chi connectivity index (χ4v) is 3.37. The Balaban J connectivity index is 1.94. The van der Waals surface area contributed by atoms with Crippen molar-refractivity contribution in [1.82, 2.24) is 4.90 Å². The minimum Gasteiger partial charge on any atom is -0.326 e. The van der Waals surface area contributed by atoms with E-state index in [-0.39, 0.29) is 12.1 Å². The smallest absolute Gasteiger partial charge is 0.326 e. The number of likely N-dealkylation sites (tertiary alicyclic amines) is 1. The van der Waals surface area contributed by atoms with Gasteiger partial charge in [0.15, 0.2) is 0 Å². The summed E-state index contributed by atoms with van der Waals surface area (Å²) in [5.41, 5.74) is 6.44. The molecule has 2 nitrogen and oxygen atoms in total. The van der Waals surface area contributed by atoms with Gasteiger partial charge < -0.3 is 5.73 Å². The van der Waals surface area contributed by atoms with Crippen molar-refractivity contribution in [2.24, 2.45) is 5.73 Å². The molecule has 3 rings (SSSR count). The van der Waals surface area contributed by atoms with Crippen LogP contribution in [-0.4, -0.2) is 23.5 Å². The number of rotatable bonds is 2. The summed E-state index contributed by atoms with van der Waals surface area (Å²) in [6.07, 6.45) is 1.00. The van der Waals surface area contributed by atoms with E-state index < -0.39 is 11.7 Å². The molecule has 0 spiro atoms. The predicted octanol–water partition coefficient (Wildman–Crippen LogP) is 3.72. The lowest BCUT2D eigenvalue weighted by molar-refractivity contribution is -0.137. The number of nitrogens with zero attached hydrogens (tertiary/aromatic N) is 1. The van der Waals surface area contributed by atoms with Gasteiger partial charge in [-0.15, -0.1) is 0 Å². The van der Waals surface area contributed by atoms with Gasteiger partial charge >= 0.3 is 6.18 Å². The molecule has 1 heterocycles. The van der Waals surface area contributed by atoms with Crippen molar-refractivity contribution in [2.45, 2.75) is 56.4 Å². The molecule has 1 saturated heterocycles.